The van der Waals surface area contributed by atoms with Crippen LogP contribution in [0.25, 0.3) is 0 Å². The Hall–Kier alpha value is -1.56. The fraction of sp³-hybridized carbons (Fsp3) is 0.385. The van der Waals surface area contributed by atoms with Gasteiger partial charge < -0.3 is 11.1 Å². The van der Waals surface area contributed by atoms with Crippen LogP contribution in [0.2, 0.25) is 0 Å². The Morgan fingerprint density at radius 3 is 2.32 bits per heavy atom. The molecule has 0 spiro atoms. The van der Waals surface area contributed by atoms with E-state index >= 15 is 0 Å². The summed E-state index contributed by atoms with van der Waals surface area (Å²) in [7, 11) is 0. The molecule has 0 saturated heterocycles. The highest BCUT2D eigenvalue weighted by Gasteiger charge is 2.30. The standard InChI is InChI=1S/C13H16F2N2OS/c1-13(2,11(16)19)12(18)17-4-3-8-5-9(14)7-10(15)6-8/h5-7H,3-4H2,1-2H3,(H2,16,19)(H,17,18). The lowest BCUT2D eigenvalue weighted by Gasteiger charge is -2.21. The maximum Gasteiger partial charge on any atom is 0.232 e. The number of carbonyl (C=O) groups is 1. The van der Waals surface area contributed by atoms with Crippen LogP contribution >= 0.6 is 12.2 Å². The number of benzene rings is 1. The van der Waals surface area contributed by atoms with Gasteiger partial charge in [0.1, 0.15) is 11.6 Å². The van der Waals surface area contributed by atoms with Crippen LogP contribution in [0, 0.1) is 17.0 Å². The first kappa shape index (κ1) is 15.5. The van der Waals surface area contributed by atoms with Gasteiger partial charge in [0, 0.05) is 12.6 Å². The molecule has 3 nitrogen and oxygen atoms in total. The van der Waals surface area contributed by atoms with E-state index in [1.807, 2.05) is 0 Å². The molecule has 0 saturated carbocycles. The number of halogens is 2. The number of rotatable bonds is 5. The molecular weight excluding hydrogens is 270 g/mol. The predicted octanol–water partition coefficient (Wildman–Crippen LogP) is 1.94. The van der Waals surface area contributed by atoms with E-state index in [9.17, 15) is 13.6 Å². The molecule has 0 bridgehead atoms. The summed E-state index contributed by atoms with van der Waals surface area (Å²) in [5.41, 5.74) is 5.00. The van der Waals surface area contributed by atoms with Crippen molar-refractivity contribution in [2.45, 2.75) is 20.3 Å². The second-order valence-electron chi connectivity index (χ2n) is 4.77. The minimum Gasteiger partial charge on any atom is -0.392 e. The molecule has 3 N–H and O–H groups in total. The van der Waals surface area contributed by atoms with E-state index in [-0.39, 0.29) is 17.4 Å². The van der Waals surface area contributed by atoms with Gasteiger partial charge in [-0.05, 0) is 38.0 Å². The lowest BCUT2D eigenvalue weighted by atomic mass is 9.92. The second-order valence-corrected chi connectivity index (χ2v) is 5.21. The van der Waals surface area contributed by atoms with Crippen molar-refractivity contribution >= 4 is 23.1 Å². The van der Waals surface area contributed by atoms with Gasteiger partial charge in [0.2, 0.25) is 5.91 Å². The summed E-state index contributed by atoms with van der Waals surface area (Å²) in [4.78, 5) is 11.9. The summed E-state index contributed by atoms with van der Waals surface area (Å²) in [6.07, 6.45) is 0.327. The number of thiocarbonyl (C=S) groups is 1. The van der Waals surface area contributed by atoms with Gasteiger partial charge in [0.25, 0.3) is 0 Å². The SMILES string of the molecule is CC(C)(C(=O)NCCc1cc(F)cc(F)c1)C(N)=S. The zero-order valence-corrected chi connectivity index (χ0v) is 11.6. The Balaban J connectivity index is 2.55. The van der Waals surface area contributed by atoms with Crippen LogP contribution < -0.4 is 11.1 Å². The number of hydrogen-bond donors (Lipinski definition) is 2. The van der Waals surface area contributed by atoms with Crippen molar-refractivity contribution in [2.24, 2.45) is 11.1 Å². The number of nitrogens with two attached hydrogens (primary N) is 1. The van der Waals surface area contributed by atoms with Gasteiger partial charge in [0.05, 0.1) is 10.4 Å². The van der Waals surface area contributed by atoms with Gasteiger partial charge in [0.15, 0.2) is 0 Å². The zero-order valence-electron chi connectivity index (χ0n) is 10.8. The highest BCUT2D eigenvalue weighted by Crippen LogP contribution is 2.15. The minimum absolute atomic E-state index is 0.0989. The molecule has 0 aliphatic heterocycles. The van der Waals surface area contributed by atoms with Gasteiger partial charge in [-0.2, -0.15) is 0 Å². The molecule has 1 rings (SSSR count). The molecule has 0 radical (unpaired) electrons. The molecule has 0 aromatic heterocycles. The van der Waals surface area contributed by atoms with Gasteiger partial charge in [-0.25, -0.2) is 8.78 Å². The van der Waals surface area contributed by atoms with Crippen LogP contribution in [-0.2, 0) is 11.2 Å². The number of nitrogens with one attached hydrogen (secondary N) is 1. The van der Waals surface area contributed by atoms with E-state index in [2.05, 4.69) is 5.32 Å². The number of carbonyl (C=O) groups excluding carboxylic acids is 1. The summed E-state index contributed by atoms with van der Waals surface area (Å²) >= 11 is 4.80. The molecule has 0 unspecified atom stereocenters. The third-order valence-corrected chi connectivity index (χ3v) is 3.32. The first-order chi connectivity index (χ1) is 8.73. The molecule has 6 heteroatoms. The number of amides is 1. The molecule has 1 amide bonds. The van der Waals surface area contributed by atoms with Crippen molar-refractivity contribution < 1.29 is 13.6 Å². The Bertz CT molecular complexity index is 483. The molecular formula is C13H16F2N2OS. The van der Waals surface area contributed by atoms with Gasteiger partial charge >= 0.3 is 0 Å². The fourth-order valence-electron chi connectivity index (χ4n) is 1.41. The lowest BCUT2D eigenvalue weighted by molar-refractivity contribution is -0.126. The average Bonchev–Trinajstić information content (AvgIpc) is 2.27. The summed E-state index contributed by atoms with van der Waals surface area (Å²) in [5.74, 6) is -1.58. The fourth-order valence-corrected chi connectivity index (χ4v) is 1.50. The monoisotopic (exact) mass is 286 g/mol. The molecule has 104 valence electrons. The van der Waals surface area contributed by atoms with E-state index in [0.29, 0.717) is 12.0 Å². The Kier molecular flexibility index (Phi) is 4.94. The average molecular weight is 286 g/mol. The van der Waals surface area contributed by atoms with Gasteiger partial charge in [-0.1, -0.05) is 12.2 Å². The van der Waals surface area contributed by atoms with Crippen molar-refractivity contribution in [1.82, 2.24) is 5.32 Å². The molecule has 0 aliphatic carbocycles. The summed E-state index contributed by atoms with van der Waals surface area (Å²) in [6.45, 7) is 3.49. The first-order valence-electron chi connectivity index (χ1n) is 5.76. The molecule has 0 atom stereocenters. The summed E-state index contributed by atoms with van der Waals surface area (Å²) in [6, 6.07) is 3.26. The molecule has 0 fully saturated rings. The van der Waals surface area contributed by atoms with E-state index in [4.69, 9.17) is 18.0 Å². The van der Waals surface area contributed by atoms with Gasteiger partial charge in [-0.15, -0.1) is 0 Å². The summed E-state index contributed by atoms with van der Waals surface area (Å²) < 4.78 is 25.9. The minimum atomic E-state index is -0.942. The van der Waals surface area contributed by atoms with Crippen molar-refractivity contribution in [3.05, 3.63) is 35.4 Å². The normalized spacial score (nSPS) is 11.2. The highest BCUT2D eigenvalue weighted by molar-refractivity contribution is 7.80. The van der Waals surface area contributed by atoms with Crippen molar-refractivity contribution in [1.29, 1.82) is 0 Å². The molecule has 19 heavy (non-hydrogen) atoms. The van der Waals surface area contributed by atoms with E-state index in [0.717, 1.165) is 6.07 Å². The predicted molar refractivity (Wildman–Crippen MR) is 73.6 cm³/mol. The Labute approximate surface area is 116 Å². The zero-order chi connectivity index (χ0) is 14.6. The molecule has 1 aromatic rings. The van der Waals surface area contributed by atoms with Crippen molar-refractivity contribution in [3.63, 3.8) is 0 Å². The van der Waals surface area contributed by atoms with E-state index < -0.39 is 17.0 Å². The smallest absolute Gasteiger partial charge is 0.232 e. The van der Waals surface area contributed by atoms with Crippen LogP contribution in [0.5, 0.6) is 0 Å². The topological polar surface area (TPSA) is 55.1 Å². The van der Waals surface area contributed by atoms with Crippen LogP contribution in [-0.4, -0.2) is 17.4 Å². The largest absolute Gasteiger partial charge is 0.392 e. The molecule has 0 aliphatic rings. The van der Waals surface area contributed by atoms with Crippen molar-refractivity contribution in [2.75, 3.05) is 6.54 Å². The maximum absolute atomic E-state index is 12.9. The Morgan fingerprint density at radius 1 is 1.32 bits per heavy atom. The first-order valence-corrected chi connectivity index (χ1v) is 6.17. The highest BCUT2D eigenvalue weighted by atomic mass is 32.1. The summed E-state index contributed by atoms with van der Waals surface area (Å²) in [5, 5.41) is 2.64. The van der Waals surface area contributed by atoms with E-state index in [1.165, 1.54) is 12.1 Å². The Morgan fingerprint density at radius 2 is 1.84 bits per heavy atom. The molecule has 0 heterocycles. The van der Waals surface area contributed by atoms with Crippen LogP contribution in [0.15, 0.2) is 18.2 Å². The third-order valence-electron chi connectivity index (χ3n) is 2.81. The second kappa shape index (κ2) is 6.06. The maximum atomic E-state index is 12.9. The van der Waals surface area contributed by atoms with Crippen LogP contribution in [0.1, 0.15) is 19.4 Å². The van der Waals surface area contributed by atoms with E-state index in [1.54, 1.807) is 13.8 Å². The molecule has 1 aromatic carbocycles. The van der Waals surface area contributed by atoms with Crippen LogP contribution in [0.3, 0.4) is 0 Å². The van der Waals surface area contributed by atoms with Gasteiger partial charge in [-0.3, -0.25) is 4.79 Å². The van der Waals surface area contributed by atoms with Crippen molar-refractivity contribution in [3.8, 4) is 0 Å². The van der Waals surface area contributed by atoms with Crippen LogP contribution in [0.4, 0.5) is 8.78 Å². The lowest BCUT2D eigenvalue weighted by Crippen LogP contribution is -2.45. The third kappa shape index (κ3) is 4.24. The quantitative estimate of drug-likeness (QED) is 0.813. The number of hydrogen-bond acceptors (Lipinski definition) is 2.